The maximum absolute atomic E-state index is 11.4. The summed E-state index contributed by atoms with van der Waals surface area (Å²) in [5.41, 5.74) is 2.50. The van der Waals surface area contributed by atoms with Gasteiger partial charge < -0.3 is 19.5 Å². The highest BCUT2D eigenvalue weighted by Crippen LogP contribution is 2.34. The average molecular weight is 314 g/mol. The maximum Gasteiger partial charge on any atom is 0.339 e. The molecule has 1 aromatic heterocycles. The molecule has 3 rings (SSSR count). The van der Waals surface area contributed by atoms with Crippen LogP contribution < -0.4 is 14.4 Å². The molecule has 0 radical (unpaired) electrons. The van der Waals surface area contributed by atoms with Gasteiger partial charge in [0, 0.05) is 19.3 Å². The molecule has 0 saturated heterocycles. The summed E-state index contributed by atoms with van der Waals surface area (Å²) in [7, 11) is 3.22. The smallest absolute Gasteiger partial charge is 0.339 e. The molecule has 0 saturated carbocycles. The normalized spacial score (nSPS) is 13.4. The molecule has 2 aromatic rings. The van der Waals surface area contributed by atoms with Crippen molar-refractivity contribution in [3.05, 3.63) is 47.2 Å². The van der Waals surface area contributed by atoms with E-state index < -0.39 is 5.97 Å². The van der Waals surface area contributed by atoms with Gasteiger partial charge in [-0.05, 0) is 41.8 Å². The van der Waals surface area contributed by atoms with E-state index in [0.717, 1.165) is 12.0 Å². The molecule has 1 aliphatic rings. The molecule has 0 fully saturated rings. The van der Waals surface area contributed by atoms with E-state index in [1.807, 2.05) is 17.0 Å². The number of hydrogen-bond acceptors (Lipinski definition) is 5. The average Bonchev–Trinajstić information content (AvgIpc) is 2.59. The quantitative estimate of drug-likeness (QED) is 0.934. The van der Waals surface area contributed by atoms with E-state index in [0.29, 0.717) is 30.4 Å². The molecule has 0 atom stereocenters. The minimum Gasteiger partial charge on any atom is -0.493 e. The van der Waals surface area contributed by atoms with Crippen LogP contribution in [0.3, 0.4) is 0 Å². The number of carbonyl (C=O) groups is 1. The van der Waals surface area contributed by atoms with Gasteiger partial charge in [0.2, 0.25) is 0 Å². The van der Waals surface area contributed by atoms with Gasteiger partial charge in [-0.2, -0.15) is 0 Å². The van der Waals surface area contributed by atoms with E-state index in [2.05, 4.69) is 4.98 Å². The first-order valence-corrected chi connectivity index (χ1v) is 7.31. The predicted molar refractivity (Wildman–Crippen MR) is 85.5 cm³/mol. The predicted octanol–water partition coefficient (Wildman–Crippen LogP) is 2.36. The summed E-state index contributed by atoms with van der Waals surface area (Å²) < 4.78 is 10.7. The Morgan fingerprint density at radius 3 is 2.57 bits per heavy atom. The molecule has 0 aliphatic carbocycles. The van der Waals surface area contributed by atoms with Gasteiger partial charge in [-0.1, -0.05) is 0 Å². The Labute approximate surface area is 134 Å². The highest BCUT2D eigenvalue weighted by Gasteiger charge is 2.23. The summed E-state index contributed by atoms with van der Waals surface area (Å²) in [6, 6.07) is 7.15. The molecule has 0 unspecified atom stereocenters. The molecule has 1 aromatic carbocycles. The molecule has 1 aliphatic heterocycles. The van der Waals surface area contributed by atoms with Crippen LogP contribution >= 0.6 is 0 Å². The molecule has 0 spiro atoms. The van der Waals surface area contributed by atoms with Crippen molar-refractivity contribution in [2.45, 2.75) is 13.0 Å². The second kappa shape index (κ2) is 6.16. The van der Waals surface area contributed by atoms with Crippen LogP contribution in [0.5, 0.6) is 11.5 Å². The van der Waals surface area contributed by atoms with E-state index in [-0.39, 0.29) is 5.56 Å². The summed E-state index contributed by atoms with van der Waals surface area (Å²) in [5, 5.41) is 9.34. The second-order valence-corrected chi connectivity index (χ2v) is 5.33. The largest absolute Gasteiger partial charge is 0.493 e. The lowest BCUT2D eigenvalue weighted by Gasteiger charge is -2.31. The SMILES string of the molecule is COc1cc2c(cc1OC)CN(c1ncccc1C(=O)O)CC2. The van der Waals surface area contributed by atoms with Gasteiger partial charge in [-0.25, -0.2) is 9.78 Å². The fourth-order valence-electron chi connectivity index (χ4n) is 2.88. The molecular weight excluding hydrogens is 296 g/mol. The van der Waals surface area contributed by atoms with Crippen molar-refractivity contribution in [2.75, 3.05) is 25.7 Å². The number of ether oxygens (including phenoxy) is 2. The van der Waals surface area contributed by atoms with Gasteiger partial charge in [0.05, 0.1) is 14.2 Å². The van der Waals surface area contributed by atoms with Crippen LogP contribution in [0.2, 0.25) is 0 Å². The van der Waals surface area contributed by atoms with Crippen LogP contribution in [0.4, 0.5) is 5.82 Å². The fraction of sp³-hybridized carbons (Fsp3) is 0.294. The van der Waals surface area contributed by atoms with Crippen molar-refractivity contribution in [2.24, 2.45) is 0 Å². The lowest BCUT2D eigenvalue weighted by molar-refractivity contribution is 0.0697. The van der Waals surface area contributed by atoms with Crippen molar-refractivity contribution in [1.29, 1.82) is 0 Å². The number of benzene rings is 1. The number of carboxylic acids is 1. The van der Waals surface area contributed by atoms with Gasteiger partial charge in [-0.15, -0.1) is 0 Å². The molecule has 0 bridgehead atoms. The summed E-state index contributed by atoms with van der Waals surface area (Å²) in [4.78, 5) is 17.6. The Morgan fingerprint density at radius 1 is 1.22 bits per heavy atom. The van der Waals surface area contributed by atoms with Crippen molar-refractivity contribution in [1.82, 2.24) is 4.98 Å². The summed E-state index contributed by atoms with van der Waals surface area (Å²) in [5.74, 6) is 0.919. The van der Waals surface area contributed by atoms with Crippen molar-refractivity contribution >= 4 is 11.8 Å². The molecule has 0 amide bonds. The van der Waals surface area contributed by atoms with E-state index >= 15 is 0 Å². The maximum atomic E-state index is 11.4. The van der Waals surface area contributed by atoms with Crippen LogP contribution in [0.15, 0.2) is 30.5 Å². The first-order chi connectivity index (χ1) is 11.1. The zero-order valence-electron chi connectivity index (χ0n) is 13.1. The number of fused-ring (bicyclic) bond motifs is 1. The molecular formula is C17H18N2O4. The van der Waals surface area contributed by atoms with Crippen LogP contribution in [-0.2, 0) is 13.0 Å². The zero-order valence-corrected chi connectivity index (χ0v) is 13.1. The number of carboxylic acid groups (broad SMARTS) is 1. The number of methoxy groups -OCH3 is 2. The number of rotatable bonds is 4. The molecule has 2 heterocycles. The van der Waals surface area contributed by atoms with Gasteiger partial charge in [0.25, 0.3) is 0 Å². The van der Waals surface area contributed by atoms with Crippen LogP contribution in [0.1, 0.15) is 21.5 Å². The van der Waals surface area contributed by atoms with Crippen LogP contribution in [-0.4, -0.2) is 36.8 Å². The Morgan fingerprint density at radius 2 is 1.91 bits per heavy atom. The van der Waals surface area contributed by atoms with Crippen LogP contribution in [0.25, 0.3) is 0 Å². The fourth-order valence-corrected chi connectivity index (χ4v) is 2.88. The highest BCUT2D eigenvalue weighted by molar-refractivity contribution is 5.93. The van der Waals surface area contributed by atoms with Crippen molar-refractivity contribution < 1.29 is 19.4 Å². The molecule has 6 nitrogen and oxygen atoms in total. The first-order valence-electron chi connectivity index (χ1n) is 7.31. The van der Waals surface area contributed by atoms with Gasteiger partial charge in [-0.3, -0.25) is 0 Å². The van der Waals surface area contributed by atoms with Crippen LogP contribution in [0, 0.1) is 0 Å². The number of nitrogens with zero attached hydrogens (tertiary/aromatic N) is 2. The number of pyridine rings is 1. The standard InChI is InChI=1S/C17H18N2O4/c1-22-14-8-11-5-7-19(10-12(11)9-15(14)23-2)16-13(17(20)21)4-3-6-18-16/h3-4,6,8-9H,5,7,10H2,1-2H3,(H,20,21). The number of hydrogen-bond donors (Lipinski definition) is 1. The minimum atomic E-state index is -0.966. The Balaban J connectivity index is 1.96. The third-order valence-corrected chi connectivity index (χ3v) is 4.03. The van der Waals surface area contributed by atoms with E-state index in [4.69, 9.17) is 9.47 Å². The Kier molecular flexibility index (Phi) is 4.06. The Hall–Kier alpha value is -2.76. The zero-order chi connectivity index (χ0) is 16.4. The van der Waals surface area contributed by atoms with Gasteiger partial charge in [0.15, 0.2) is 11.5 Å². The third kappa shape index (κ3) is 2.79. The molecule has 6 heteroatoms. The molecule has 1 N–H and O–H groups in total. The van der Waals surface area contributed by atoms with Crippen molar-refractivity contribution in [3.8, 4) is 11.5 Å². The van der Waals surface area contributed by atoms with E-state index in [1.54, 1.807) is 32.5 Å². The number of aromatic nitrogens is 1. The monoisotopic (exact) mass is 314 g/mol. The number of aromatic carboxylic acids is 1. The third-order valence-electron chi connectivity index (χ3n) is 4.03. The van der Waals surface area contributed by atoms with Gasteiger partial charge >= 0.3 is 5.97 Å². The number of anilines is 1. The highest BCUT2D eigenvalue weighted by atomic mass is 16.5. The minimum absolute atomic E-state index is 0.219. The lowest BCUT2D eigenvalue weighted by Crippen LogP contribution is -2.32. The summed E-state index contributed by atoms with van der Waals surface area (Å²) >= 11 is 0. The second-order valence-electron chi connectivity index (χ2n) is 5.33. The topological polar surface area (TPSA) is 71.9 Å². The van der Waals surface area contributed by atoms with Crippen molar-refractivity contribution in [3.63, 3.8) is 0 Å². The Bertz CT molecular complexity index is 745. The molecule has 120 valence electrons. The summed E-state index contributed by atoms with van der Waals surface area (Å²) in [6.45, 7) is 1.30. The van der Waals surface area contributed by atoms with Gasteiger partial charge in [0.1, 0.15) is 11.4 Å². The van der Waals surface area contributed by atoms with E-state index in [1.165, 1.54) is 5.56 Å². The summed E-state index contributed by atoms with van der Waals surface area (Å²) in [6.07, 6.45) is 2.41. The van der Waals surface area contributed by atoms with E-state index in [9.17, 15) is 9.90 Å². The molecule has 23 heavy (non-hydrogen) atoms. The first kappa shape index (κ1) is 15.1. The lowest BCUT2D eigenvalue weighted by atomic mass is 9.98.